The van der Waals surface area contributed by atoms with Gasteiger partial charge in [-0.2, -0.15) is 0 Å². The smallest absolute Gasteiger partial charge is 0.309 e. The van der Waals surface area contributed by atoms with Gasteiger partial charge >= 0.3 is 11.9 Å². The molecule has 6 aliphatic carbocycles. The molecule has 1 aromatic carbocycles. The lowest BCUT2D eigenvalue weighted by Gasteiger charge is -2.72. The fourth-order valence-corrected chi connectivity index (χ4v) is 13.9. The monoisotopic (exact) mass is 773 g/mol. The van der Waals surface area contributed by atoms with Crippen LogP contribution in [0.25, 0.3) is 0 Å². The second-order valence-corrected chi connectivity index (χ2v) is 21.3. The minimum Gasteiger partial charge on any atom is -0.481 e. The van der Waals surface area contributed by atoms with Crippen molar-refractivity contribution in [2.45, 2.75) is 151 Å². The molecule has 55 heavy (non-hydrogen) atoms. The first-order valence-corrected chi connectivity index (χ1v) is 21.4. The third-order valence-corrected chi connectivity index (χ3v) is 17.2. The van der Waals surface area contributed by atoms with Crippen LogP contribution < -0.4 is 5.32 Å². The molecule has 1 amide bonds. The highest BCUT2D eigenvalue weighted by molar-refractivity contribution is 6.31. The maximum atomic E-state index is 14.1. The number of ether oxygens (including phenoxy) is 1. The highest BCUT2D eigenvalue weighted by Crippen LogP contribution is 2.77. The van der Waals surface area contributed by atoms with E-state index in [9.17, 15) is 24.3 Å². The number of allylic oxidation sites excluding steroid dienone is 3. The second-order valence-electron chi connectivity index (χ2n) is 20.9. The van der Waals surface area contributed by atoms with Crippen LogP contribution >= 0.6 is 11.6 Å². The lowest BCUT2D eigenvalue weighted by atomic mass is 9.33. The van der Waals surface area contributed by atoms with Crippen LogP contribution in [0.2, 0.25) is 5.02 Å². The lowest BCUT2D eigenvalue weighted by Crippen LogP contribution is -2.65. The van der Waals surface area contributed by atoms with E-state index in [2.05, 4.69) is 59.9 Å². The minimum absolute atomic E-state index is 0.0123. The van der Waals surface area contributed by atoms with E-state index in [1.165, 1.54) is 5.57 Å². The van der Waals surface area contributed by atoms with Crippen LogP contribution in [0, 0.1) is 56.2 Å². The summed E-state index contributed by atoms with van der Waals surface area (Å²) in [5, 5.41) is 13.6. The number of carbonyl (C=O) groups is 4. The highest BCUT2D eigenvalue weighted by atomic mass is 35.5. The molecule has 7 nitrogen and oxygen atoms in total. The van der Waals surface area contributed by atoms with Gasteiger partial charge < -0.3 is 15.2 Å². The van der Waals surface area contributed by atoms with E-state index in [1.54, 1.807) is 19.9 Å². The van der Waals surface area contributed by atoms with Gasteiger partial charge in [0.2, 0.25) is 5.91 Å². The van der Waals surface area contributed by atoms with Gasteiger partial charge in [0.25, 0.3) is 0 Å². The number of carbonyl (C=O) groups excluding carboxylic acids is 3. The van der Waals surface area contributed by atoms with Crippen molar-refractivity contribution in [3.8, 4) is 0 Å². The molecule has 7 rings (SSSR count). The van der Waals surface area contributed by atoms with Gasteiger partial charge in [-0.3, -0.25) is 19.2 Å². The Bertz CT molecular complexity index is 1850. The van der Waals surface area contributed by atoms with Crippen LogP contribution in [-0.4, -0.2) is 34.8 Å². The number of benzene rings is 1. The molecule has 300 valence electrons. The number of nitrogens with one attached hydrogen (secondary N) is 1. The molecule has 0 spiro atoms. The third kappa shape index (κ3) is 6.18. The van der Waals surface area contributed by atoms with Gasteiger partial charge in [-0.25, -0.2) is 0 Å². The molecule has 0 aromatic heterocycles. The quantitative estimate of drug-likeness (QED) is 0.191. The summed E-state index contributed by atoms with van der Waals surface area (Å²) >= 11 is 6.57. The Morgan fingerprint density at radius 3 is 2.25 bits per heavy atom. The predicted molar refractivity (Wildman–Crippen MR) is 215 cm³/mol. The van der Waals surface area contributed by atoms with Gasteiger partial charge in [-0.15, -0.1) is 0 Å². The van der Waals surface area contributed by atoms with Crippen LogP contribution in [0.3, 0.4) is 0 Å². The van der Waals surface area contributed by atoms with E-state index in [0.717, 1.165) is 75.3 Å². The molecule has 0 aliphatic heterocycles. The summed E-state index contributed by atoms with van der Waals surface area (Å²) in [5.41, 5.74) is 1.10. The topological polar surface area (TPSA) is 110 Å². The molecule has 0 heterocycles. The van der Waals surface area contributed by atoms with Crippen LogP contribution in [0.15, 0.2) is 47.6 Å². The van der Waals surface area contributed by atoms with Crippen LogP contribution in [-0.2, 0) is 29.5 Å². The summed E-state index contributed by atoms with van der Waals surface area (Å²) in [4.78, 5) is 52.7. The number of aliphatic carboxylic acids is 1. The Labute approximate surface area is 333 Å². The Hall–Kier alpha value is -2.93. The maximum Gasteiger partial charge on any atom is 0.309 e. The van der Waals surface area contributed by atoms with E-state index in [1.807, 2.05) is 24.3 Å². The van der Waals surface area contributed by atoms with Gasteiger partial charge in [0.1, 0.15) is 6.10 Å². The van der Waals surface area contributed by atoms with Crippen molar-refractivity contribution < 1.29 is 29.0 Å². The molecule has 0 saturated heterocycles. The molecule has 5 fully saturated rings. The standard InChI is InChI=1S/C47H64ClNO6/c1-28(2)38-32(50)26-46(21-18-36(51)49-47(24-25-47)29-12-10-11-13-31(29)48)23-22-44(8)30(39(38)46)14-15-34-43(7)19-17-35(55-37(52)27-41(3,4)40(53)54)42(5,6)33(43)16-20-45(34,44)9/h10-13,18,21,28,30,33-35H,14-17,19-20,22-27H2,1-9H3,(H,49,51)(H,53,54)/t30-,33+,34-,35+,43+,44-,45-,46+/m1/s1. The lowest BCUT2D eigenvalue weighted by molar-refractivity contribution is -0.232. The molecule has 0 unspecified atom stereocenters. The molecule has 2 N–H and O–H groups in total. The number of amides is 1. The highest BCUT2D eigenvalue weighted by Gasteiger charge is 2.70. The molecule has 5 saturated carbocycles. The Morgan fingerprint density at radius 2 is 1.62 bits per heavy atom. The van der Waals surface area contributed by atoms with Crippen molar-refractivity contribution in [1.82, 2.24) is 5.32 Å². The summed E-state index contributed by atoms with van der Waals surface area (Å²) in [6, 6.07) is 7.76. The maximum absolute atomic E-state index is 14.1. The first-order chi connectivity index (χ1) is 25.6. The summed E-state index contributed by atoms with van der Waals surface area (Å²) in [6.45, 7) is 19.6. The van der Waals surface area contributed by atoms with E-state index in [-0.39, 0.29) is 57.7 Å². The van der Waals surface area contributed by atoms with Gasteiger partial charge in [0.05, 0.1) is 17.4 Å². The SMILES string of the molecule is CC(C)C1=C2[C@H]3CC[C@@H]4[C@@]5(C)CC[C@H](OC(=O)CC(C)(C)C(=O)O)C(C)(C)[C@@H]5CC[C@@]4(C)[C@]3(C)CC[C@@]2(C=CC(=O)NC2(c3ccccc3Cl)CC2)CC1=O. The third-order valence-electron chi connectivity index (χ3n) is 16.9. The van der Waals surface area contributed by atoms with Gasteiger partial charge in [0, 0.05) is 22.3 Å². The van der Waals surface area contributed by atoms with Gasteiger partial charge in [-0.1, -0.05) is 84.3 Å². The number of ketones is 1. The van der Waals surface area contributed by atoms with Crippen molar-refractivity contribution in [3.05, 3.63) is 58.1 Å². The zero-order chi connectivity index (χ0) is 40.1. The van der Waals surface area contributed by atoms with E-state index in [4.69, 9.17) is 16.3 Å². The van der Waals surface area contributed by atoms with Crippen molar-refractivity contribution in [3.63, 3.8) is 0 Å². The first-order valence-electron chi connectivity index (χ1n) is 21.0. The predicted octanol–water partition coefficient (Wildman–Crippen LogP) is 10.4. The number of Topliss-reactive ketones (excluding diaryl/α,β-unsaturated/α-hetero) is 1. The van der Waals surface area contributed by atoms with Crippen molar-refractivity contribution in [1.29, 1.82) is 0 Å². The Morgan fingerprint density at radius 1 is 0.927 bits per heavy atom. The number of carboxylic acid groups (broad SMARTS) is 1. The number of esters is 1. The summed E-state index contributed by atoms with van der Waals surface area (Å²) < 4.78 is 6.17. The summed E-state index contributed by atoms with van der Waals surface area (Å²) in [5.74, 6) is -0.0718. The normalized spacial score (nSPS) is 37.5. The summed E-state index contributed by atoms with van der Waals surface area (Å²) in [7, 11) is 0. The number of carboxylic acids is 1. The number of halogens is 1. The number of fused-ring (bicyclic) bond motifs is 7. The molecule has 0 bridgehead atoms. The molecule has 8 atom stereocenters. The van der Waals surface area contributed by atoms with Gasteiger partial charge in [-0.05, 0) is 147 Å². The number of rotatable bonds is 9. The van der Waals surface area contributed by atoms with Crippen molar-refractivity contribution in [2.24, 2.45) is 56.2 Å². The first kappa shape index (κ1) is 40.3. The molecule has 8 heteroatoms. The zero-order valence-electron chi connectivity index (χ0n) is 34.7. The van der Waals surface area contributed by atoms with Gasteiger partial charge in [0.15, 0.2) is 5.78 Å². The Kier molecular flexibility index (Phi) is 9.75. The molecule has 0 radical (unpaired) electrons. The molecular weight excluding hydrogens is 710 g/mol. The van der Waals surface area contributed by atoms with Crippen LogP contribution in [0.4, 0.5) is 0 Å². The number of hydrogen-bond donors (Lipinski definition) is 2. The van der Waals surface area contributed by atoms with Crippen LogP contribution in [0.1, 0.15) is 145 Å². The minimum atomic E-state index is -1.17. The van der Waals surface area contributed by atoms with E-state index >= 15 is 0 Å². The van der Waals surface area contributed by atoms with Crippen LogP contribution in [0.5, 0.6) is 0 Å². The second kappa shape index (κ2) is 13.3. The van der Waals surface area contributed by atoms with E-state index < -0.39 is 28.3 Å². The number of hydrogen-bond acceptors (Lipinski definition) is 5. The Balaban J connectivity index is 1.15. The van der Waals surface area contributed by atoms with Crippen molar-refractivity contribution in [2.75, 3.05) is 0 Å². The average Bonchev–Trinajstić information content (AvgIpc) is 3.79. The molecule has 6 aliphatic rings. The average molecular weight is 774 g/mol. The van der Waals surface area contributed by atoms with Crippen molar-refractivity contribution >= 4 is 35.2 Å². The van der Waals surface area contributed by atoms with E-state index in [0.29, 0.717) is 23.3 Å². The fraction of sp³-hybridized carbons (Fsp3) is 0.702. The zero-order valence-corrected chi connectivity index (χ0v) is 35.5. The molecule has 1 aromatic rings. The largest absolute Gasteiger partial charge is 0.481 e. The summed E-state index contributed by atoms with van der Waals surface area (Å²) in [6.07, 6.45) is 13.5. The fourth-order valence-electron chi connectivity index (χ4n) is 13.6. The molecular formula is C47H64ClNO6.